The van der Waals surface area contributed by atoms with Crippen molar-refractivity contribution < 1.29 is 0 Å². The first-order valence-electron chi connectivity index (χ1n) is 5.19. The molecule has 70 valence electrons. The van der Waals surface area contributed by atoms with Crippen LogP contribution in [0, 0.1) is 17.3 Å². The predicted molar refractivity (Wildman–Crippen MR) is 55.1 cm³/mol. The average molecular weight is 166 g/mol. The molecule has 2 atom stereocenters. The number of hydrogen-bond acceptors (Lipinski definition) is 0. The summed E-state index contributed by atoms with van der Waals surface area (Å²) in [5.41, 5.74) is 0.439. The van der Waals surface area contributed by atoms with Crippen molar-refractivity contribution in [2.24, 2.45) is 17.3 Å². The van der Waals surface area contributed by atoms with Gasteiger partial charge in [-0.2, -0.15) is 0 Å². The quantitative estimate of drug-likeness (QED) is 0.477. The third kappa shape index (κ3) is 2.66. The summed E-state index contributed by atoms with van der Waals surface area (Å²) in [6.07, 6.45) is 8.77. The highest BCUT2D eigenvalue weighted by Gasteiger charge is 2.20. The van der Waals surface area contributed by atoms with E-state index in [9.17, 15) is 0 Å². The zero-order valence-electron chi connectivity index (χ0n) is 8.93. The summed E-state index contributed by atoms with van der Waals surface area (Å²) in [7, 11) is 0. The predicted octanol–water partition coefficient (Wildman–Crippen LogP) is 4.02. The molecular weight excluding hydrogens is 144 g/mol. The Labute approximate surface area is 77.1 Å². The molecule has 0 bridgehead atoms. The van der Waals surface area contributed by atoms with E-state index < -0.39 is 0 Å². The minimum atomic E-state index is 0.439. The van der Waals surface area contributed by atoms with Crippen LogP contribution in [0.3, 0.4) is 0 Å². The molecule has 0 aromatic rings. The van der Waals surface area contributed by atoms with Crippen LogP contribution in [0.5, 0.6) is 0 Å². The van der Waals surface area contributed by atoms with E-state index in [4.69, 9.17) is 0 Å². The lowest BCUT2D eigenvalue weighted by Crippen LogP contribution is -2.16. The molecule has 0 fully saturated rings. The number of hydrogen-bond donors (Lipinski definition) is 0. The standard InChI is InChI=1S/C12H22/c1-10-6-5-8-12(3,4)9-7-11(10)2/h5,8,10-11H,6-7,9H2,1-4H3. The lowest BCUT2D eigenvalue weighted by Gasteiger charge is -2.28. The Morgan fingerprint density at radius 3 is 2.50 bits per heavy atom. The summed E-state index contributed by atoms with van der Waals surface area (Å²) in [6.45, 7) is 9.44. The van der Waals surface area contributed by atoms with E-state index in [0.29, 0.717) is 5.41 Å². The molecule has 2 unspecified atom stereocenters. The van der Waals surface area contributed by atoms with Crippen LogP contribution in [0.4, 0.5) is 0 Å². The Balaban J connectivity index is 2.62. The van der Waals surface area contributed by atoms with Gasteiger partial charge in [-0.3, -0.25) is 0 Å². The van der Waals surface area contributed by atoms with Crippen LogP contribution in [0.25, 0.3) is 0 Å². The Morgan fingerprint density at radius 1 is 1.17 bits per heavy atom. The monoisotopic (exact) mass is 166 g/mol. The normalized spacial score (nSPS) is 35.7. The minimum absolute atomic E-state index is 0.439. The second-order valence-corrected chi connectivity index (χ2v) is 5.12. The van der Waals surface area contributed by atoms with Gasteiger partial charge in [-0.1, -0.05) is 39.8 Å². The Morgan fingerprint density at radius 2 is 1.83 bits per heavy atom. The molecule has 1 rings (SSSR count). The van der Waals surface area contributed by atoms with Gasteiger partial charge in [0, 0.05) is 0 Å². The van der Waals surface area contributed by atoms with Gasteiger partial charge in [-0.15, -0.1) is 0 Å². The minimum Gasteiger partial charge on any atom is -0.0877 e. The second-order valence-electron chi connectivity index (χ2n) is 5.12. The van der Waals surface area contributed by atoms with E-state index >= 15 is 0 Å². The molecule has 0 saturated carbocycles. The zero-order chi connectivity index (χ0) is 9.19. The van der Waals surface area contributed by atoms with E-state index in [2.05, 4.69) is 39.8 Å². The van der Waals surface area contributed by atoms with Gasteiger partial charge in [0.2, 0.25) is 0 Å². The SMILES string of the molecule is CC1CC=CC(C)(C)CCC1C. The van der Waals surface area contributed by atoms with Gasteiger partial charge < -0.3 is 0 Å². The molecular formula is C12H22. The van der Waals surface area contributed by atoms with Crippen LogP contribution >= 0.6 is 0 Å². The molecule has 0 nitrogen and oxygen atoms in total. The van der Waals surface area contributed by atoms with Gasteiger partial charge in [0.25, 0.3) is 0 Å². The topological polar surface area (TPSA) is 0 Å². The third-order valence-electron chi connectivity index (χ3n) is 3.29. The maximum Gasteiger partial charge on any atom is -0.0175 e. The molecule has 0 N–H and O–H groups in total. The van der Waals surface area contributed by atoms with E-state index in [0.717, 1.165) is 11.8 Å². The summed E-state index contributed by atoms with van der Waals surface area (Å²) in [5.74, 6) is 1.77. The van der Waals surface area contributed by atoms with Crippen molar-refractivity contribution >= 4 is 0 Å². The van der Waals surface area contributed by atoms with Crippen LogP contribution in [-0.2, 0) is 0 Å². The first-order chi connectivity index (χ1) is 5.51. The van der Waals surface area contributed by atoms with E-state index in [1.54, 1.807) is 0 Å². The van der Waals surface area contributed by atoms with E-state index in [1.165, 1.54) is 19.3 Å². The van der Waals surface area contributed by atoms with Crippen LogP contribution in [0.1, 0.15) is 47.0 Å². The van der Waals surface area contributed by atoms with Gasteiger partial charge in [0.05, 0.1) is 0 Å². The maximum atomic E-state index is 2.40. The van der Waals surface area contributed by atoms with Crippen molar-refractivity contribution in [2.75, 3.05) is 0 Å². The number of allylic oxidation sites excluding steroid dienone is 2. The molecule has 0 amide bonds. The Hall–Kier alpha value is -0.260. The molecule has 0 aromatic heterocycles. The second kappa shape index (κ2) is 3.64. The molecule has 1 aliphatic rings. The van der Waals surface area contributed by atoms with Crippen LogP contribution < -0.4 is 0 Å². The first-order valence-corrected chi connectivity index (χ1v) is 5.19. The smallest absolute Gasteiger partial charge is 0.0175 e. The molecule has 0 radical (unpaired) electrons. The van der Waals surface area contributed by atoms with Crippen molar-refractivity contribution in [2.45, 2.75) is 47.0 Å². The summed E-state index contributed by atoms with van der Waals surface area (Å²) >= 11 is 0. The van der Waals surface area contributed by atoms with Gasteiger partial charge in [0.15, 0.2) is 0 Å². The van der Waals surface area contributed by atoms with Crippen LogP contribution in [0.15, 0.2) is 12.2 Å². The van der Waals surface area contributed by atoms with Gasteiger partial charge in [-0.25, -0.2) is 0 Å². The van der Waals surface area contributed by atoms with E-state index in [-0.39, 0.29) is 0 Å². The summed E-state index contributed by atoms with van der Waals surface area (Å²) in [5, 5.41) is 0. The molecule has 0 heteroatoms. The fraction of sp³-hybridized carbons (Fsp3) is 0.833. The third-order valence-corrected chi connectivity index (χ3v) is 3.29. The van der Waals surface area contributed by atoms with E-state index in [1.807, 2.05) is 0 Å². The van der Waals surface area contributed by atoms with Crippen molar-refractivity contribution in [1.29, 1.82) is 0 Å². The Kier molecular flexibility index (Phi) is 2.98. The molecule has 0 heterocycles. The molecule has 0 aliphatic heterocycles. The van der Waals surface area contributed by atoms with Crippen molar-refractivity contribution in [1.82, 2.24) is 0 Å². The average Bonchev–Trinajstić information content (AvgIpc) is 1.98. The Bertz CT molecular complexity index is 165. The molecule has 0 aromatic carbocycles. The highest BCUT2D eigenvalue weighted by Crippen LogP contribution is 2.32. The van der Waals surface area contributed by atoms with Gasteiger partial charge >= 0.3 is 0 Å². The van der Waals surface area contributed by atoms with Gasteiger partial charge in [-0.05, 0) is 36.5 Å². The zero-order valence-corrected chi connectivity index (χ0v) is 8.93. The summed E-state index contributed by atoms with van der Waals surface area (Å²) < 4.78 is 0. The fourth-order valence-corrected chi connectivity index (χ4v) is 1.80. The largest absolute Gasteiger partial charge is 0.0877 e. The fourth-order valence-electron chi connectivity index (χ4n) is 1.80. The molecule has 0 spiro atoms. The summed E-state index contributed by atoms with van der Waals surface area (Å²) in [6, 6.07) is 0. The first kappa shape index (κ1) is 9.83. The molecule has 12 heavy (non-hydrogen) atoms. The lowest BCUT2D eigenvalue weighted by atomic mass is 9.78. The highest BCUT2D eigenvalue weighted by molar-refractivity contribution is 4.97. The lowest BCUT2D eigenvalue weighted by molar-refractivity contribution is 0.295. The molecule has 1 aliphatic carbocycles. The number of rotatable bonds is 0. The summed E-state index contributed by atoms with van der Waals surface area (Å²) in [4.78, 5) is 0. The van der Waals surface area contributed by atoms with Crippen LogP contribution in [-0.4, -0.2) is 0 Å². The molecule has 0 saturated heterocycles. The van der Waals surface area contributed by atoms with Crippen molar-refractivity contribution in [3.8, 4) is 0 Å². The van der Waals surface area contributed by atoms with Crippen molar-refractivity contribution in [3.05, 3.63) is 12.2 Å². The van der Waals surface area contributed by atoms with Crippen molar-refractivity contribution in [3.63, 3.8) is 0 Å². The van der Waals surface area contributed by atoms with Gasteiger partial charge in [0.1, 0.15) is 0 Å². The van der Waals surface area contributed by atoms with Crippen LogP contribution in [0.2, 0.25) is 0 Å². The maximum absolute atomic E-state index is 2.40. The highest BCUT2D eigenvalue weighted by atomic mass is 14.3.